The Labute approximate surface area is 109 Å². The van der Waals surface area contributed by atoms with Crippen molar-refractivity contribution in [2.45, 2.75) is 33.1 Å². The molecule has 1 N–H and O–H groups in total. The van der Waals surface area contributed by atoms with Crippen molar-refractivity contribution in [2.75, 3.05) is 20.3 Å². The van der Waals surface area contributed by atoms with Crippen LogP contribution < -0.4 is 5.32 Å². The molecular weight excluding hydrogens is 230 g/mol. The lowest BCUT2D eigenvalue weighted by Gasteiger charge is -2.05. The van der Waals surface area contributed by atoms with Crippen molar-refractivity contribution in [1.82, 2.24) is 15.1 Å². The van der Waals surface area contributed by atoms with E-state index in [-0.39, 0.29) is 5.91 Å². The summed E-state index contributed by atoms with van der Waals surface area (Å²) < 4.78 is 6.79. The lowest BCUT2D eigenvalue weighted by Crippen LogP contribution is -2.25. The molecule has 0 saturated heterocycles. The Morgan fingerprint density at radius 1 is 1.44 bits per heavy atom. The Balaban J connectivity index is 2.34. The summed E-state index contributed by atoms with van der Waals surface area (Å²) in [6.45, 7) is 5.38. The van der Waals surface area contributed by atoms with Crippen LogP contribution in [0.5, 0.6) is 0 Å². The monoisotopic (exact) mass is 253 g/mol. The zero-order valence-electron chi connectivity index (χ0n) is 11.7. The van der Waals surface area contributed by atoms with Crippen LogP contribution >= 0.6 is 0 Å². The lowest BCUT2D eigenvalue weighted by molar-refractivity contribution is -0.121. The van der Waals surface area contributed by atoms with Gasteiger partial charge in [0.2, 0.25) is 5.91 Å². The maximum Gasteiger partial charge on any atom is 0.220 e. The van der Waals surface area contributed by atoms with Crippen molar-refractivity contribution in [1.29, 1.82) is 0 Å². The van der Waals surface area contributed by atoms with Gasteiger partial charge in [0.15, 0.2) is 0 Å². The second kappa shape index (κ2) is 7.16. The molecular formula is C13H23N3O2. The highest BCUT2D eigenvalue weighted by Crippen LogP contribution is 2.13. The lowest BCUT2D eigenvalue weighted by atomic mass is 10.1. The summed E-state index contributed by atoms with van der Waals surface area (Å²) in [4.78, 5) is 11.6. The largest absolute Gasteiger partial charge is 0.385 e. The van der Waals surface area contributed by atoms with Gasteiger partial charge in [0.05, 0.1) is 5.69 Å². The first-order valence-corrected chi connectivity index (χ1v) is 6.31. The molecule has 0 aliphatic rings. The third-order valence-electron chi connectivity index (χ3n) is 3.11. The number of nitrogens with one attached hydrogen (secondary N) is 1. The number of carbonyl (C=O) groups excluding carboxylic acids is 1. The molecule has 0 radical (unpaired) electrons. The van der Waals surface area contributed by atoms with Crippen molar-refractivity contribution < 1.29 is 9.53 Å². The molecule has 102 valence electrons. The number of hydrogen-bond donors (Lipinski definition) is 1. The van der Waals surface area contributed by atoms with Crippen LogP contribution in [0.25, 0.3) is 0 Å². The van der Waals surface area contributed by atoms with Crippen molar-refractivity contribution in [3.05, 3.63) is 17.0 Å². The van der Waals surface area contributed by atoms with Crippen LogP contribution in [-0.4, -0.2) is 35.9 Å². The molecule has 1 amide bonds. The predicted octanol–water partition coefficient (Wildman–Crippen LogP) is 1.12. The van der Waals surface area contributed by atoms with Gasteiger partial charge in [-0.15, -0.1) is 0 Å². The smallest absolute Gasteiger partial charge is 0.220 e. The molecule has 1 aromatic heterocycles. The van der Waals surface area contributed by atoms with Gasteiger partial charge in [-0.2, -0.15) is 5.10 Å². The molecule has 0 aliphatic carbocycles. The van der Waals surface area contributed by atoms with E-state index in [0.29, 0.717) is 19.6 Å². The number of nitrogens with zero attached hydrogens (tertiary/aromatic N) is 2. The van der Waals surface area contributed by atoms with E-state index in [1.807, 2.05) is 25.6 Å². The fourth-order valence-electron chi connectivity index (χ4n) is 1.95. The van der Waals surface area contributed by atoms with Crippen molar-refractivity contribution in [2.24, 2.45) is 7.05 Å². The molecule has 0 aliphatic heterocycles. The van der Waals surface area contributed by atoms with E-state index in [9.17, 15) is 4.79 Å². The van der Waals surface area contributed by atoms with Gasteiger partial charge < -0.3 is 10.1 Å². The van der Waals surface area contributed by atoms with E-state index in [0.717, 1.165) is 24.2 Å². The van der Waals surface area contributed by atoms with Crippen LogP contribution in [0.1, 0.15) is 29.8 Å². The highest BCUT2D eigenvalue weighted by Gasteiger charge is 2.10. The Morgan fingerprint density at radius 3 is 2.72 bits per heavy atom. The zero-order chi connectivity index (χ0) is 13.5. The van der Waals surface area contributed by atoms with Crippen LogP contribution in [0.3, 0.4) is 0 Å². The average Bonchev–Trinajstić information content (AvgIpc) is 2.57. The van der Waals surface area contributed by atoms with Gasteiger partial charge in [-0.1, -0.05) is 0 Å². The first kappa shape index (κ1) is 14.7. The van der Waals surface area contributed by atoms with Gasteiger partial charge in [0, 0.05) is 39.4 Å². The van der Waals surface area contributed by atoms with E-state index >= 15 is 0 Å². The maximum atomic E-state index is 11.6. The van der Waals surface area contributed by atoms with Gasteiger partial charge in [0.1, 0.15) is 0 Å². The second-order valence-corrected chi connectivity index (χ2v) is 4.47. The minimum atomic E-state index is 0.0914. The molecule has 0 atom stereocenters. The Morgan fingerprint density at radius 2 is 2.17 bits per heavy atom. The molecule has 1 rings (SSSR count). The van der Waals surface area contributed by atoms with E-state index in [4.69, 9.17) is 4.74 Å². The summed E-state index contributed by atoms with van der Waals surface area (Å²) in [5, 5.41) is 7.23. The van der Waals surface area contributed by atoms with E-state index in [2.05, 4.69) is 10.4 Å². The Hall–Kier alpha value is -1.36. The maximum absolute atomic E-state index is 11.6. The van der Waals surface area contributed by atoms with Crippen LogP contribution in [0.2, 0.25) is 0 Å². The van der Waals surface area contributed by atoms with E-state index in [1.54, 1.807) is 7.11 Å². The molecule has 18 heavy (non-hydrogen) atoms. The van der Waals surface area contributed by atoms with Gasteiger partial charge in [-0.25, -0.2) is 0 Å². The number of methoxy groups -OCH3 is 1. The molecule has 0 saturated carbocycles. The summed E-state index contributed by atoms with van der Waals surface area (Å²) in [7, 11) is 3.59. The summed E-state index contributed by atoms with van der Waals surface area (Å²) in [6.07, 6.45) is 2.12. The number of hydrogen-bond acceptors (Lipinski definition) is 3. The Kier molecular flexibility index (Phi) is 5.85. The standard InChI is InChI=1S/C13H23N3O2/c1-10-12(11(2)16(3)15-10)6-7-13(17)14-8-5-9-18-4/h5-9H2,1-4H3,(H,14,17). The Bertz CT molecular complexity index is 399. The van der Waals surface area contributed by atoms with Gasteiger partial charge in [0.25, 0.3) is 0 Å². The van der Waals surface area contributed by atoms with Crippen LogP contribution in [0.4, 0.5) is 0 Å². The minimum absolute atomic E-state index is 0.0914. The van der Waals surface area contributed by atoms with Gasteiger partial charge in [-0.05, 0) is 32.3 Å². The first-order valence-electron chi connectivity index (χ1n) is 6.31. The van der Waals surface area contributed by atoms with E-state index in [1.165, 1.54) is 5.56 Å². The van der Waals surface area contributed by atoms with Crippen LogP contribution in [-0.2, 0) is 23.0 Å². The van der Waals surface area contributed by atoms with Crippen LogP contribution in [0.15, 0.2) is 0 Å². The quantitative estimate of drug-likeness (QED) is 0.741. The molecule has 5 heteroatoms. The predicted molar refractivity (Wildman–Crippen MR) is 70.5 cm³/mol. The zero-order valence-corrected chi connectivity index (χ0v) is 11.7. The second-order valence-electron chi connectivity index (χ2n) is 4.47. The molecule has 0 fully saturated rings. The van der Waals surface area contributed by atoms with Crippen LogP contribution in [0, 0.1) is 13.8 Å². The van der Waals surface area contributed by atoms with E-state index < -0.39 is 0 Å². The number of aromatic nitrogens is 2. The number of rotatable bonds is 7. The minimum Gasteiger partial charge on any atom is -0.385 e. The first-order chi connectivity index (χ1) is 8.56. The molecule has 1 heterocycles. The summed E-state index contributed by atoms with van der Waals surface area (Å²) in [6, 6.07) is 0. The fourth-order valence-corrected chi connectivity index (χ4v) is 1.95. The molecule has 0 aromatic carbocycles. The topological polar surface area (TPSA) is 56.1 Å². The van der Waals surface area contributed by atoms with Crippen molar-refractivity contribution in [3.63, 3.8) is 0 Å². The third kappa shape index (κ3) is 4.14. The average molecular weight is 253 g/mol. The summed E-state index contributed by atoms with van der Waals surface area (Å²) in [5.74, 6) is 0.0914. The summed E-state index contributed by atoms with van der Waals surface area (Å²) >= 11 is 0. The highest BCUT2D eigenvalue weighted by atomic mass is 16.5. The van der Waals surface area contributed by atoms with Crippen molar-refractivity contribution >= 4 is 5.91 Å². The molecule has 0 unspecified atom stereocenters. The molecule has 5 nitrogen and oxygen atoms in total. The molecule has 0 bridgehead atoms. The summed E-state index contributed by atoms with van der Waals surface area (Å²) in [5.41, 5.74) is 3.34. The number of ether oxygens (including phenoxy) is 1. The number of aryl methyl sites for hydroxylation is 2. The molecule has 1 aromatic rings. The SMILES string of the molecule is COCCCNC(=O)CCc1c(C)nn(C)c1C. The number of amides is 1. The fraction of sp³-hybridized carbons (Fsp3) is 0.692. The molecule has 0 spiro atoms. The number of carbonyl (C=O) groups is 1. The highest BCUT2D eigenvalue weighted by molar-refractivity contribution is 5.76. The third-order valence-corrected chi connectivity index (χ3v) is 3.11. The normalized spacial score (nSPS) is 10.7. The van der Waals surface area contributed by atoms with Gasteiger partial charge >= 0.3 is 0 Å². The van der Waals surface area contributed by atoms with Gasteiger partial charge in [-0.3, -0.25) is 9.48 Å². The van der Waals surface area contributed by atoms with Crippen molar-refractivity contribution in [3.8, 4) is 0 Å².